The molecular formula is C23H32N6O4. The average Bonchev–Trinajstić information content (AvgIpc) is 3.41. The molecule has 1 aliphatic rings. The number of nitrogens with zero attached hydrogens (tertiary/aromatic N) is 4. The molecule has 33 heavy (non-hydrogen) atoms. The third-order valence-corrected chi connectivity index (χ3v) is 5.75. The summed E-state index contributed by atoms with van der Waals surface area (Å²) in [4.78, 5) is 13.6. The maximum Gasteiger partial charge on any atom is 0.320 e. The first kappa shape index (κ1) is 23.4. The van der Waals surface area contributed by atoms with Gasteiger partial charge in [-0.25, -0.2) is 4.98 Å². The van der Waals surface area contributed by atoms with E-state index in [0.717, 1.165) is 31.2 Å². The van der Waals surface area contributed by atoms with Crippen LogP contribution >= 0.6 is 0 Å². The van der Waals surface area contributed by atoms with Crippen molar-refractivity contribution in [1.29, 1.82) is 0 Å². The lowest BCUT2D eigenvalue weighted by Gasteiger charge is -2.17. The minimum absolute atomic E-state index is 0.189. The van der Waals surface area contributed by atoms with Crippen molar-refractivity contribution >= 4 is 17.0 Å². The Morgan fingerprint density at radius 1 is 1.27 bits per heavy atom. The van der Waals surface area contributed by atoms with Gasteiger partial charge in [-0.3, -0.25) is 4.57 Å². The third kappa shape index (κ3) is 5.59. The molecule has 1 aromatic carbocycles. The summed E-state index contributed by atoms with van der Waals surface area (Å²) in [7, 11) is 0. The van der Waals surface area contributed by atoms with Gasteiger partial charge >= 0.3 is 6.01 Å². The number of aromatic nitrogens is 4. The predicted molar refractivity (Wildman–Crippen MR) is 123 cm³/mol. The molecule has 10 nitrogen and oxygen atoms in total. The first-order chi connectivity index (χ1) is 16.1. The summed E-state index contributed by atoms with van der Waals surface area (Å²) in [5, 5.41) is 22.9. The van der Waals surface area contributed by atoms with Crippen LogP contribution in [0.3, 0.4) is 0 Å². The fourth-order valence-corrected chi connectivity index (χ4v) is 3.91. The second kappa shape index (κ2) is 10.9. The lowest BCUT2D eigenvalue weighted by molar-refractivity contribution is -0.0432. The zero-order valence-electron chi connectivity index (χ0n) is 18.8. The number of fused-ring (bicyclic) bond motifs is 1. The maximum atomic E-state index is 10.2. The Labute approximate surface area is 192 Å². The van der Waals surface area contributed by atoms with E-state index in [-0.39, 0.29) is 18.8 Å². The predicted octanol–water partition coefficient (Wildman–Crippen LogP) is 2.32. The quantitative estimate of drug-likeness (QED) is 0.253. The van der Waals surface area contributed by atoms with Crippen LogP contribution in [0.5, 0.6) is 6.01 Å². The number of unbranched alkanes of at least 4 members (excludes halogenated alkanes) is 2. The molecule has 0 radical (unpaired) electrons. The number of benzene rings is 1. The number of hydrogen-bond acceptors (Lipinski definition) is 9. The number of hydrogen-bond donors (Lipinski definition) is 4. The van der Waals surface area contributed by atoms with Gasteiger partial charge in [0.2, 0.25) is 0 Å². The Hall–Kier alpha value is -2.79. The Kier molecular flexibility index (Phi) is 7.71. The maximum absolute atomic E-state index is 10.2. The topological polar surface area (TPSA) is 141 Å². The van der Waals surface area contributed by atoms with Gasteiger partial charge in [-0.05, 0) is 12.0 Å². The fraction of sp³-hybridized carbons (Fsp3) is 0.522. The number of nitrogens with two attached hydrogens (primary N) is 1. The molecule has 2 aromatic heterocycles. The molecule has 3 heterocycles. The fourth-order valence-electron chi connectivity index (χ4n) is 3.91. The second-order valence-electron chi connectivity index (χ2n) is 8.31. The van der Waals surface area contributed by atoms with Crippen molar-refractivity contribution in [2.45, 2.75) is 70.2 Å². The van der Waals surface area contributed by atoms with Crippen molar-refractivity contribution in [3.8, 4) is 6.01 Å². The molecule has 178 valence electrons. The average molecular weight is 457 g/mol. The zero-order valence-corrected chi connectivity index (χ0v) is 18.8. The van der Waals surface area contributed by atoms with Gasteiger partial charge in [0.1, 0.15) is 18.9 Å². The molecule has 4 rings (SSSR count). The molecule has 10 heteroatoms. The van der Waals surface area contributed by atoms with Gasteiger partial charge < -0.3 is 30.7 Å². The molecule has 2 unspecified atom stereocenters. The van der Waals surface area contributed by atoms with Crippen molar-refractivity contribution in [3.63, 3.8) is 0 Å². The van der Waals surface area contributed by atoms with Gasteiger partial charge in [-0.15, -0.1) is 0 Å². The highest BCUT2D eigenvalue weighted by Gasteiger charge is 2.35. The van der Waals surface area contributed by atoms with Crippen LogP contribution in [0, 0.1) is 0 Å². The lowest BCUT2D eigenvalue weighted by Crippen LogP contribution is -2.30. The Morgan fingerprint density at radius 2 is 2.09 bits per heavy atom. The summed E-state index contributed by atoms with van der Waals surface area (Å²) >= 11 is 0. The van der Waals surface area contributed by atoms with Crippen molar-refractivity contribution in [1.82, 2.24) is 19.5 Å². The van der Waals surface area contributed by atoms with Crippen LogP contribution in [0.1, 0.15) is 50.8 Å². The summed E-state index contributed by atoms with van der Waals surface area (Å²) in [6.07, 6.45) is 3.76. The lowest BCUT2D eigenvalue weighted by atomic mass is 10.2. The zero-order chi connectivity index (χ0) is 23.2. The van der Waals surface area contributed by atoms with E-state index in [1.54, 1.807) is 10.9 Å². The number of ether oxygens (including phenoxy) is 2. The number of rotatable bonds is 11. The smallest absolute Gasteiger partial charge is 0.320 e. The molecule has 5 N–H and O–H groups in total. The molecule has 0 saturated carbocycles. The molecule has 1 fully saturated rings. The molecule has 1 saturated heterocycles. The van der Waals surface area contributed by atoms with E-state index >= 15 is 0 Å². The van der Waals surface area contributed by atoms with Crippen LogP contribution in [0.2, 0.25) is 0 Å². The highest BCUT2D eigenvalue weighted by molar-refractivity contribution is 5.83. The number of imidazole rings is 1. The molecule has 0 amide bonds. The standard InChI is InChI=1S/C23H32N6O4/c1-2-3-5-10-18(24)26-21-20-22(28-23(27-21)32-13-15-8-6-4-7-9-15)29(14-25-20)19-11-16(31)17(12-30)33-19/h4,6-9,14,16-19,30-31H,2-3,5,10-13,24H2,1H3,(H,26,27,28)/t16?,17-,18?,19-/m1/s1. The van der Waals surface area contributed by atoms with Gasteiger partial charge in [0.25, 0.3) is 0 Å². The summed E-state index contributed by atoms with van der Waals surface area (Å²) in [6, 6.07) is 9.96. The van der Waals surface area contributed by atoms with Gasteiger partial charge in [0.05, 0.1) is 25.2 Å². The van der Waals surface area contributed by atoms with E-state index in [1.165, 1.54) is 0 Å². The Morgan fingerprint density at radius 3 is 2.82 bits per heavy atom. The molecule has 0 bridgehead atoms. The van der Waals surface area contributed by atoms with Crippen LogP contribution in [0.15, 0.2) is 36.7 Å². The Bertz CT molecular complexity index is 1030. The van der Waals surface area contributed by atoms with Gasteiger partial charge in [-0.1, -0.05) is 56.5 Å². The number of aliphatic hydroxyl groups is 2. The van der Waals surface area contributed by atoms with Gasteiger partial charge in [0, 0.05) is 6.42 Å². The van der Waals surface area contributed by atoms with E-state index in [4.69, 9.17) is 15.2 Å². The first-order valence-electron chi connectivity index (χ1n) is 11.5. The number of nitrogens with one attached hydrogen (secondary N) is 1. The SMILES string of the molecule is CCCCCC(N)Nc1nc(OCc2ccccc2)nc2c1ncn2[C@H]1CC(O)[C@@H](CO)O1. The third-order valence-electron chi connectivity index (χ3n) is 5.75. The molecule has 0 spiro atoms. The summed E-state index contributed by atoms with van der Waals surface area (Å²) in [5.41, 5.74) is 8.34. The molecule has 3 aromatic rings. The number of anilines is 1. The van der Waals surface area contributed by atoms with E-state index in [1.807, 2.05) is 30.3 Å². The van der Waals surface area contributed by atoms with Gasteiger partial charge in [0.15, 0.2) is 17.0 Å². The normalized spacial score (nSPS) is 21.4. The van der Waals surface area contributed by atoms with Crippen LogP contribution in [-0.4, -0.2) is 54.7 Å². The molecule has 1 aliphatic heterocycles. The monoisotopic (exact) mass is 456 g/mol. The van der Waals surface area contributed by atoms with Crippen molar-refractivity contribution in [2.75, 3.05) is 11.9 Å². The van der Waals surface area contributed by atoms with E-state index in [9.17, 15) is 10.2 Å². The van der Waals surface area contributed by atoms with Crippen LogP contribution in [0.25, 0.3) is 11.2 Å². The van der Waals surface area contributed by atoms with Crippen LogP contribution in [-0.2, 0) is 11.3 Å². The minimum Gasteiger partial charge on any atom is -0.458 e. The highest BCUT2D eigenvalue weighted by Crippen LogP contribution is 2.32. The first-order valence-corrected chi connectivity index (χ1v) is 11.5. The summed E-state index contributed by atoms with van der Waals surface area (Å²) in [5.74, 6) is 0.489. The van der Waals surface area contributed by atoms with E-state index < -0.39 is 18.4 Å². The minimum atomic E-state index is -0.766. The van der Waals surface area contributed by atoms with Crippen molar-refractivity contribution in [2.24, 2.45) is 5.73 Å². The van der Waals surface area contributed by atoms with Crippen LogP contribution in [0.4, 0.5) is 5.82 Å². The summed E-state index contributed by atoms with van der Waals surface area (Å²) < 4.78 is 13.4. The van der Waals surface area contributed by atoms with E-state index in [2.05, 4.69) is 27.2 Å². The van der Waals surface area contributed by atoms with Crippen LogP contribution < -0.4 is 15.8 Å². The van der Waals surface area contributed by atoms with Gasteiger partial charge in [-0.2, -0.15) is 9.97 Å². The number of aliphatic hydroxyl groups excluding tert-OH is 2. The largest absolute Gasteiger partial charge is 0.458 e. The molecule has 0 aliphatic carbocycles. The van der Waals surface area contributed by atoms with Crippen molar-refractivity contribution in [3.05, 3.63) is 42.2 Å². The van der Waals surface area contributed by atoms with E-state index in [0.29, 0.717) is 30.0 Å². The Balaban J connectivity index is 1.62. The molecular weight excluding hydrogens is 424 g/mol. The molecule has 4 atom stereocenters. The highest BCUT2D eigenvalue weighted by atomic mass is 16.5. The summed E-state index contributed by atoms with van der Waals surface area (Å²) in [6.45, 7) is 2.21. The van der Waals surface area contributed by atoms with Crippen molar-refractivity contribution < 1.29 is 19.7 Å². The second-order valence-corrected chi connectivity index (χ2v) is 8.31.